The van der Waals surface area contributed by atoms with E-state index in [2.05, 4.69) is 24.1 Å². The highest BCUT2D eigenvalue weighted by Gasteiger charge is 2.02. The highest BCUT2D eigenvalue weighted by atomic mass is 32.1. The molecule has 0 unspecified atom stereocenters. The maximum absolute atomic E-state index is 8.61. The Morgan fingerprint density at radius 1 is 1.27 bits per heavy atom. The highest BCUT2D eigenvalue weighted by Crippen LogP contribution is 2.15. The first-order valence-electron chi connectivity index (χ1n) is 5.48. The van der Waals surface area contributed by atoms with E-state index >= 15 is 0 Å². The molecule has 1 rings (SSSR count). The van der Waals surface area contributed by atoms with Crippen LogP contribution in [-0.4, -0.2) is 23.2 Å². The Morgan fingerprint density at radius 2 is 2.07 bits per heavy atom. The molecular weight excluding hydrogens is 208 g/mol. The zero-order chi connectivity index (χ0) is 11.1. The standard InChI is InChI=1S/C11H20N2OS/c1-9-10(2)15-11(13-9)8-12-6-4-3-5-7-14/h12,14H,3-8H2,1-2H3. The number of nitrogens with zero attached hydrogens (tertiary/aromatic N) is 1. The van der Waals surface area contributed by atoms with Crippen molar-refractivity contribution in [3.63, 3.8) is 0 Å². The Morgan fingerprint density at radius 3 is 2.67 bits per heavy atom. The van der Waals surface area contributed by atoms with Crippen molar-refractivity contribution in [2.45, 2.75) is 39.7 Å². The topological polar surface area (TPSA) is 45.2 Å². The van der Waals surface area contributed by atoms with Crippen molar-refractivity contribution >= 4 is 11.3 Å². The zero-order valence-electron chi connectivity index (χ0n) is 9.55. The van der Waals surface area contributed by atoms with E-state index in [1.165, 1.54) is 9.88 Å². The van der Waals surface area contributed by atoms with Gasteiger partial charge in [0.05, 0.1) is 5.69 Å². The van der Waals surface area contributed by atoms with Gasteiger partial charge in [0.1, 0.15) is 5.01 Å². The third-order valence-electron chi connectivity index (χ3n) is 2.36. The molecule has 0 aromatic carbocycles. The number of aliphatic hydroxyl groups is 1. The summed E-state index contributed by atoms with van der Waals surface area (Å²) >= 11 is 1.77. The molecule has 0 bridgehead atoms. The molecule has 0 aliphatic rings. The van der Waals surface area contributed by atoms with E-state index in [-0.39, 0.29) is 0 Å². The molecule has 0 atom stereocenters. The third kappa shape index (κ3) is 4.73. The van der Waals surface area contributed by atoms with Gasteiger partial charge in [-0.05, 0) is 39.7 Å². The van der Waals surface area contributed by atoms with Crippen molar-refractivity contribution in [1.82, 2.24) is 10.3 Å². The summed E-state index contributed by atoms with van der Waals surface area (Å²) in [6.07, 6.45) is 3.14. The van der Waals surface area contributed by atoms with E-state index in [1.54, 1.807) is 11.3 Å². The van der Waals surface area contributed by atoms with Crippen molar-refractivity contribution in [3.8, 4) is 0 Å². The van der Waals surface area contributed by atoms with Crippen LogP contribution in [0.3, 0.4) is 0 Å². The molecule has 0 radical (unpaired) electrons. The number of aryl methyl sites for hydroxylation is 2. The lowest BCUT2D eigenvalue weighted by molar-refractivity contribution is 0.283. The van der Waals surface area contributed by atoms with Crippen LogP contribution in [0.5, 0.6) is 0 Å². The second-order valence-electron chi connectivity index (χ2n) is 3.71. The van der Waals surface area contributed by atoms with Crippen LogP contribution in [0.25, 0.3) is 0 Å². The summed E-state index contributed by atoms with van der Waals surface area (Å²) in [5.41, 5.74) is 1.15. The van der Waals surface area contributed by atoms with E-state index in [9.17, 15) is 0 Å². The molecule has 2 N–H and O–H groups in total. The summed E-state index contributed by atoms with van der Waals surface area (Å²) in [7, 11) is 0. The predicted octanol–water partition coefficient (Wildman–Crippen LogP) is 2.01. The zero-order valence-corrected chi connectivity index (χ0v) is 10.4. The Hall–Kier alpha value is -0.450. The molecule has 0 saturated heterocycles. The normalized spacial score (nSPS) is 10.9. The predicted molar refractivity (Wildman–Crippen MR) is 64.2 cm³/mol. The van der Waals surface area contributed by atoms with Crippen LogP contribution in [0.15, 0.2) is 0 Å². The SMILES string of the molecule is Cc1nc(CNCCCCCO)sc1C. The fourth-order valence-corrected chi connectivity index (χ4v) is 2.25. The van der Waals surface area contributed by atoms with Crippen molar-refractivity contribution in [3.05, 3.63) is 15.6 Å². The molecule has 0 aliphatic carbocycles. The van der Waals surface area contributed by atoms with Crippen LogP contribution >= 0.6 is 11.3 Å². The monoisotopic (exact) mass is 228 g/mol. The van der Waals surface area contributed by atoms with Gasteiger partial charge in [-0.25, -0.2) is 4.98 Å². The minimum atomic E-state index is 0.310. The van der Waals surface area contributed by atoms with E-state index < -0.39 is 0 Å². The van der Waals surface area contributed by atoms with Crippen molar-refractivity contribution in [1.29, 1.82) is 0 Å². The fourth-order valence-electron chi connectivity index (χ4n) is 1.35. The minimum absolute atomic E-state index is 0.310. The van der Waals surface area contributed by atoms with Crippen molar-refractivity contribution < 1.29 is 5.11 Å². The fraction of sp³-hybridized carbons (Fsp3) is 0.727. The largest absolute Gasteiger partial charge is 0.396 e. The molecule has 15 heavy (non-hydrogen) atoms. The van der Waals surface area contributed by atoms with Crippen LogP contribution < -0.4 is 5.32 Å². The number of aliphatic hydroxyl groups excluding tert-OH is 1. The van der Waals surface area contributed by atoms with Crippen LogP contribution in [0.4, 0.5) is 0 Å². The molecule has 1 heterocycles. The number of hydrogen-bond donors (Lipinski definition) is 2. The summed E-state index contributed by atoms with van der Waals surface area (Å²) in [5, 5.41) is 13.1. The van der Waals surface area contributed by atoms with Gasteiger partial charge in [-0.1, -0.05) is 0 Å². The average molecular weight is 228 g/mol. The second kappa shape index (κ2) is 6.93. The van der Waals surface area contributed by atoms with Crippen LogP contribution in [0.2, 0.25) is 0 Å². The molecule has 0 amide bonds. The lowest BCUT2D eigenvalue weighted by Gasteiger charge is -2.01. The van der Waals surface area contributed by atoms with Crippen molar-refractivity contribution in [2.75, 3.05) is 13.2 Å². The smallest absolute Gasteiger partial charge is 0.107 e. The molecular formula is C11H20N2OS. The summed E-state index contributed by atoms with van der Waals surface area (Å²) < 4.78 is 0. The second-order valence-corrected chi connectivity index (χ2v) is 5.00. The number of rotatable bonds is 7. The Labute approximate surface area is 95.6 Å². The maximum atomic E-state index is 8.61. The van der Waals surface area contributed by atoms with Crippen molar-refractivity contribution in [2.24, 2.45) is 0 Å². The lowest BCUT2D eigenvalue weighted by atomic mass is 10.2. The summed E-state index contributed by atoms with van der Waals surface area (Å²) in [6.45, 7) is 6.36. The first-order chi connectivity index (χ1) is 7.24. The van der Waals surface area contributed by atoms with Crippen LogP contribution in [0.1, 0.15) is 34.8 Å². The molecule has 86 valence electrons. The number of hydrogen-bond acceptors (Lipinski definition) is 4. The van der Waals surface area contributed by atoms with E-state index in [0.717, 1.165) is 38.0 Å². The number of aromatic nitrogens is 1. The Balaban J connectivity index is 2.10. The number of thiazole rings is 1. The van der Waals surface area contributed by atoms with Crippen LogP contribution in [-0.2, 0) is 6.54 Å². The number of nitrogens with one attached hydrogen (secondary N) is 1. The minimum Gasteiger partial charge on any atom is -0.396 e. The maximum Gasteiger partial charge on any atom is 0.107 e. The van der Waals surface area contributed by atoms with Gasteiger partial charge in [0, 0.05) is 18.0 Å². The first-order valence-corrected chi connectivity index (χ1v) is 6.30. The molecule has 0 fully saturated rings. The molecule has 1 aromatic rings. The molecule has 0 spiro atoms. The van der Waals surface area contributed by atoms with Gasteiger partial charge in [0.2, 0.25) is 0 Å². The summed E-state index contributed by atoms with van der Waals surface area (Å²) in [4.78, 5) is 5.77. The van der Waals surface area contributed by atoms with Gasteiger partial charge < -0.3 is 10.4 Å². The summed E-state index contributed by atoms with van der Waals surface area (Å²) in [5.74, 6) is 0. The van der Waals surface area contributed by atoms with Gasteiger partial charge >= 0.3 is 0 Å². The van der Waals surface area contributed by atoms with Gasteiger partial charge in [0.25, 0.3) is 0 Å². The molecule has 3 nitrogen and oxygen atoms in total. The molecule has 0 saturated carbocycles. The Bertz CT molecular complexity index is 267. The van der Waals surface area contributed by atoms with Crippen LogP contribution in [0, 0.1) is 13.8 Å². The Kier molecular flexibility index (Phi) is 5.83. The van der Waals surface area contributed by atoms with E-state index in [0.29, 0.717) is 6.61 Å². The highest BCUT2D eigenvalue weighted by molar-refractivity contribution is 7.11. The van der Waals surface area contributed by atoms with Gasteiger partial charge in [-0.3, -0.25) is 0 Å². The third-order valence-corrected chi connectivity index (χ3v) is 3.43. The quantitative estimate of drug-likeness (QED) is 0.702. The van der Waals surface area contributed by atoms with E-state index in [4.69, 9.17) is 5.11 Å². The van der Waals surface area contributed by atoms with E-state index in [1.807, 2.05) is 0 Å². The van der Waals surface area contributed by atoms with Gasteiger partial charge in [-0.15, -0.1) is 11.3 Å². The lowest BCUT2D eigenvalue weighted by Crippen LogP contribution is -2.14. The average Bonchev–Trinajstić information content (AvgIpc) is 2.52. The molecule has 1 aromatic heterocycles. The summed E-state index contributed by atoms with van der Waals surface area (Å²) in [6, 6.07) is 0. The number of unbranched alkanes of at least 4 members (excludes halogenated alkanes) is 2. The van der Waals surface area contributed by atoms with Gasteiger partial charge in [0.15, 0.2) is 0 Å². The molecule has 4 heteroatoms. The van der Waals surface area contributed by atoms with Gasteiger partial charge in [-0.2, -0.15) is 0 Å². The first kappa shape index (κ1) is 12.6. The molecule has 0 aliphatic heterocycles.